The van der Waals surface area contributed by atoms with E-state index in [-0.39, 0.29) is 18.8 Å². The van der Waals surface area contributed by atoms with Crippen molar-refractivity contribution in [2.75, 3.05) is 31.4 Å². The molecule has 2 atom stereocenters. The van der Waals surface area contributed by atoms with Crippen LogP contribution >= 0.6 is 0 Å². The fraction of sp³-hybridized carbons (Fsp3) is 0.476. The molecule has 0 spiro atoms. The minimum absolute atomic E-state index is 0.0363. The highest BCUT2D eigenvalue weighted by atomic mass is 16.7. The highest BCUT2D eigenvalue weighted by Crippen LogP contribution is 2.39. The van der Waals surface area contributed by atoms with E-state index in [1.165, 1.54) is 0 Å². The van der Waals surface area contributed by atoms with Crippen LogP contribution in [0.2, 0.25) is 0 Å². The van der Waals surface area contributed by atoms with E-state index in [0.29, 0.717) is 6.54 Å². The van der Waals surface area contributed by atoms with Crippen molar-refractivity contribution in [3.05, 3.63) is 36.5 Å². The number of piperidine rings is 1. The Morgan fingerprint density at radius 1 is 1.22 bits per heavy atom. The maximum Gasteiger partial charge on any atom is 0.231 e. The fourth-order valence-corrected chi connectivity index (χ4v) is 4.14. The van der Waals surface area contributed by atoms with Gasteiger partial charge in [0.05, 0.1) is 18.4 Å². The van der Waals surface area contributed by atoms with Gasteiger partial charge in [-0.3, -0.25) is 4.98 Å². The van der Waals surface area contributed by atoms with Gasteiger partial charge in [0.1, 0.15) is 0 Å². The van der Waals surface area contributed by atoms with Crippen LogP contribution in [0.25, 0.3) is 11.3 Å². The Balaban J connectivity index is 1.55. The number of benzene rings is 1. The summed E-state index contributed by atoms with van der Waals surface area (Å²) < 4.78 is 10.8. The number of aliphatic hydroxyl groups excluding tert-OH is 2. The van der Waals surface area contributed by atoms with Gasteiger partial charge >= 0.3 is 0 Å². The topological polar surface area (TPSA) is 75.1 Å². The number of rotatable bonds is 5. The minimum Gasteiger partial charge on any atom is -0.454 e. The molecule has 0 unspecified atom stereocenters. The smallest absolute Gasteiger partial charge is 0.231 e. The summed E-state index contributed by atoms with van der Waals surface area (Å²) in [6.45, 7) is 3.71. The SMILES string of the molecule is CCC[C@]1(CO)CCN(c2ccnc(-c3ccc4c(c3)OCO4)c2)C[C@@H]1O. The minimum atomic E-state index is -0.543. The number of nitrogens with zero attached hydrogens (tertiary/aromatic N) is 2. The van der Waals surface area contributed by atoms with E-state index in [9.17, 15) is 10.2 Å². The molecule has 27 heavy (non-hydrogen) atoms. The van der Waals surface area contributed by atoms with Crippen LogP contribution in [-0.2, 0) is 0 Å². The molecular formula is C21H26N2O4. The number of ether oxygens (including phenoxy) is 2. The van der Waals surface area contributed by atoms with Crippen LogP contribution in [0.3, 0.4) is 0 Å². The second-order valence-corrected chi connectivity index (χ2v) is 7.45. The number of aromatic nitrogens is 1. The van der Waals surface area contributed by atoms with E-state index >= 15 is 0 Å². The quantitative estimate of drug-likeness (QED) is 0.843. The number of hydrogen-bond donors (Lipinski definition) is 2. The average molecular weight is 370 g/mol. The number of aliphatic hydroxyl groups is 2. The predicted molar refractivity (Wildman–Crippen MR) is 103 cm³/mol. The first kappa shape index (κ1) is 18.1. The van der Waals surface area contributed by atoms with Gasteiger partial charge in [0, 0.05) is 36.0 Å². The molecule has 6 heteroatoms. The second-order valence-electron chi connectivity index (χ2n) is 7.45. The zero-order valence-corrected chi connectivity index (χ0v) is 15.6. The van der Waals surface area contributed by atoms with Crippen LogP contribution in [0.1, 0.15) is 26.2 Å². The molecule has 2 N–H and O–H groups in total. The molecule has 0 aliphatic carbocycles. The summed E-state index contributed by atoms with van der Waals surface area (Å²) in [7, 11) is 0. The lowest BCUT2D eigenvalue weighted by Crippen LogP contribution is -2.52. The van der Waals surface area contributed by atoms with Gasteiger partial charge in [0.25, 0.3) is 0 Å². The molecule has 2 aromatic rings. The van der Waals surface area contributed by atoms with Crippen LogP contribution in [0.5, 0.6) is 11.5 Å². The van der Waals surface area contributed by atoms with Crippen molar-refractivity contribution in [2.24, 2.45) is 5.41 Å². The second kappa shape index (κ2) is 7.37. The molecule has 1 fully saturated rings. The molecule has 1 aromatic heterocycles. The molecule has 1 saturated heterocycles. The third-order valence-corrected chi connectivity index (χ3v) is 5.82. The fourth-order valence-electron chi connectivity index (χ4n) is 4.14. The van der Waals surface area contributed by atoms with Gasteiger partial charge in [-0.05, 0) is 43.2 Å². The Bertz CT molecular complexity index is 813. The normalized spacial score (nSPS) is 24.3. The van der Waals surface area contributed by atoms with E-state index in [1.807, 2.05) is 30.3 Å². The summed E-state index contributed by atoms with van der Waals surface area (Å²) in [6.07, 6.45) is 3.83. The lowest BCUT2D eigenvalue weighted by atomic mass is 9.73. The van der Waals surface area contributed by atoms with Crippen LogP contribution in [0.15, 0.2) is 36.5 Å². The van der Waals surface area contributed by atoms with Crippen LogP contribution < -0.4 is 14.4 Å². The molecule has 6 nitrogen and oxygen atoms in total. The van der Waals surface area contributed by atoms with Gasteiger partial charge in [-0.1, -0.05) is 13.3 Å². The standard InChI is InChI=1S/C21H26N2O4/c1-2-6-21(13-24)7-9-23(12-20(21)25)16-5-8-22-17(11-16)15-3-4-18-19(10-15)27-14-26-18/h3-5,8,10-11,20,24-25H,2,6-7,9,12-14H2,1H3/t20-,21+/m0/s1. The molecule has 2 aliphatic rings. The summed E-state index contributed by atoms with van der Waals surface area (Å²) in [5.74, 6) is 1.49. The van der Waals surface area contributed by atoms with E-state index in [4.69, 9.17) is 9.47 Å². The molecule has 3 heterocycles. The zero-order chi connectivity index (χ0) is 18.9. The largest absolute Gasteiger partial charge is 0.454 e. The number of anilines is 1. The molecule has 2 aliphatic heterocycles. The summed E-state index contributed by atoms with van der Waals surface area (Å²) in [4.78, 5) is 6.67. The highest BCUT2D eigenvalue weighted by molar-refractivity contribution is 5.68. The van der Waals surface area contributed by atoms with Gasteiger partial charge in [-0.15, -0.1) is 0 Å². The van der Waals surface area contributed by atoms with Gasteiger partial charge in [0.2, 0.25) is 6.79 Å². The van der Waals surface area contributed by atoms with Crippen LogP contribution in [0.4, 0.5) is 5.69 Å². The predicted octanol–water partition coefficient (Wildman–Crippen LogP) is 2.83. The van der Waals surface area contributed by atoms with E-state index in [2.05, 4.69) is 16.8 Å². The summed E-state index contributed by atoms with van der Waals surface area (Å²) in [6, 6.07) is 9.82. The zero-order valence-electron chi connectivity index (χ0n) is 15.6. The van der Waals surface area contributed by atoms with Gasteiger partial charge < -0.3 is 24.6 Å². The lowest BCUT2D eigenvalue weighted by Gasteiger charge is -2.45. The maximum atomic E-state index is 10.7. The Morgan fingerprint density at radius 3 is 2.85 bits per heavy atom. The highest BCUT2D eigenvalue weighted by Gasteiger charge is 2.41. The molecule has 0 saturated carbocycles. The number of hydrogen-bond acceptors (Lipinski definition) is 6. The van der Waals surface area contributed by atoms with Crippen molar-refractivity contribution in [3.63, 3.8) is 0 Å². The third-order valence-electron chi connectivity index (χ3n) is 5.82. The number of β-amino-alcohol motifs (C(OH)–C–C–N with tert-alkyl or cyclic N) is 1. The summed E-state index contributed by atoms with van der Waals surface area (Å²) in [5.41, 5.74) is 2.47. The molecule has 0 bridgehead atoms. The van der Waals surface area contributed by atoms with Gasteiger partial charge in [-0.2, -0.15) is 0 Å². The Kier molecular flexibility index (Phi) is 4.93. The lowest BCUT2D eigenvalue weighted by molar-refractivity contribution is -0.0370. The van der Waals surface area contributed by atoms with Crippen molar-refractivity contribution in [3.8, 4) is 22.8 Å². The number of pyridine rings is 1. The molecular weight excluding hydrogens is 344 g/mol. The molecule has 144 valence electrons. The van der Waals surface area contributed by atoms with Gasteiger partial charge in [-0.25, -0.2) is 0 Å². The van der Waals surface area contributed by atoms with Crippen molar-refractivity contribution in [1.82, 2.24) is 4.98 Å². The third kappa shape index (κ3) is 3.35. The monoisotopic (exact) mass is 370 g/mol. The first-order chi connectivity index (χ1) is 13.1. The van der Waals surface area contributed by atoms with E-state index in [1.54, 1.807) is 6.20 Å². The van der Waals surface area contributed by atoms with Crippen molar-refractivity contribution < 1.29 is 19.7 Å². The van der Waals surface area contributed by atoms with Crippen LogP contribution in [-0.4, -0.2) is 47.8 Å². The van der Waals surface area contributed by atoms with Crippen molar-refractivity contribution in [2.45, 2.75) is 32.3 Å². The van der Waals surface area contributed by atoms with Gasteiger partial charge in [0.15, 0.2) is 11.5 Å². The summed E-state index contributed by atoms with van der Waals surface area (Å²) >= 11 is 0. The van der Waals surface area contributed by atoms with Crippen LogP contribution in [0, 0.1) is 5.41 Å². The summed E-state index contributed by atoms with van der Waals surface area (Å²) in [5, 5.41) is 20.6. The van der Waals surface area contributed by atoms with Crippen molar-refractivity contribution in [1.29, 1.82) is 0 Å². The number of fused-ring (bicyclic) bond motifs is 1. The first-order valence-electron chi connectivity index (χ1n) is 9.55. The molecule has 1 aromatic carbocycles. The first-order valence-corrected chi connectivity index (χ1v) is 9.55. The Morgan fingerprint density at radius 2 is 2.07 bits per heavy atom. The maximum absolute atomic E-state index is 10.7. The average Bonchev–Trinajstić information content (AvgIpc) is 3.17. The molecule has 0 radical (unpaired) electrons. The van der Waals surface area contributed by atoms with E-state index < -0.39 is 6.10 Å². The van der Waals surface area contributed by atoms with Crippen molar-refractivity contribution >= 4 is 5.69 Å². The molecule has 0 amide bonds. The van der Waals surface area contributed by atoms with E-state index in [0.717, 1.165) is 54.3 Å². The molecule has 4 rings (SSSR count). The Labute approximate surface area is 159 Å². The Hall–Kier alpha value is -2.31.